The molecule has 0 aliphatic rings. The van der Waals surface area contributed by atoms with Crippen LogP contribution in [-0.2, 0) is 17.8 Å². The Kier molecular flexibility index (Phi) is 8.51. The average molecular weight is 476 g/mol. The Labute approximate surface area is 203 Å². The number of nitrogens with two attached hydrogens (primary N) is 1. The summed E-state index contributed by atoms with van der Waals surface area (Å²) in [4.78, 5) is 24.1. The molecule has 0 aromatic heterocycles. The first-order valence-corrected chi connectivity index (χ1v) is 10.6. The monoisotopic (exact) mass is 475 g/mol. The second-order valence-corrected chi connectivity index (χ2v) is 7.34. The molecular formula is C26H25N3O6. The van der Waals surface area contributed by atoms with E-state index in [2.05, 4.69) is 11.4 Å². The third kappa shape index (κ3) is 6.65. The molecule has 0 fully saturated rings. The van der Waals surface area contributed by atoms with Crippen LogP contribution in [0, 0.1) is 11.3 Å². The first-order chi connectivity index (χ1) is 16.9. The van der Waals surface area contributed by atoms with E-state index in [1.807, 2.05) is 24.3 Å². The van der Waals surface area contributed by atoms with Crippen LogP contribution in [0.25, 0.3) is 0 Å². The maximum Gasteiger partial charge on any atom is 0.255 e. The summed E-state index contributed by atoms with van der Waals surface area (Å²) < 4.78 is 21.9. The van der Waals surface area contributed by atoms with Crippen LogP contribution in [0.3, 0.4) is 0 Å². The van der Waals surface area contributed by atoms with E-state index < -0.39 is 11.8 Å². The van der Waals surface area contributed by atoms with Gasteiger partial charge >= 0.3 is 0 Å². The number of amides is 2. The van der Waals surface area contributed by atoms with E-state index in [9.17, 15) is 9.59 Å². The number of carbonyl (C=O) groups is 2. The van der Waals surface area contributed by atoms with Gasteiger partial charge in [0.05, 0.1) is 26.7 Å². The fourth-order valence-corrected chi connectivity index (χ4v) is 3.22. The van der Waals surface area contributed by atoms with Gasteiger partial charge in [0.1, 0.15) is 12.4 Å². The zero-order valence-electron chi connectivity index (χ0n) is 19.4. The molecule has 180 valence electrons. The van der Waals surface area contributed by atoms with E-state index in [4.69, 9.17) is 29.9 Å². The van der Waals surface area contributed by atoms with Crippen molar-refractivity contribution in [1.29, 1.82) is 5.26 Å². The molecule has 0 heterocycles. The quantitative estimate of drug-likeness (QED) is 0.434. The minimum Gasteiger partial charge on any atom is -0.493 e. The number of benzene rings is 3. The van der Waals surface area contributed by atoms with E-state index in [0.29, 0.717) is 17.9 Å². The van der Waals surface area contributed by atoms with Crippen molar-refractivity contribution in [1.82, 2.24) is 0 Å². The molecule has 0 spiro atoms. The van der Waals surface area contributed by atoms with Crippen molar-refractivity contribution < 1.29 is 28.5 Å². The van der Waals surface area contributed by atoms with Crippen molar-refractivity contribution in [2.24, 2.45) is 5.73 Å². The zero-order chi connectivity index (χ0) is 25.2. The molecule has 9 nitrogen and oxygen atoms in total. The summed E-state index contributed by atoms with van der Waals surface area (Å²) in [7, 11) is 2.82. The third-order valence-electron chi connectivity index (χ3n) is 4.95. The van der Waals surface area contributed by atoms with E-state index in [1.54, 1.807) is 24.3 Å². The number of hydrogen-bond acceptors (Lipinski definition) is 7. The lowest BCUT2D eigenvalue weighted by Gasteiger charge is -2.16. The highest BCUT2D eigenvalue weighted by molar-refractivity contribution is 6.05. The number of anilines is 1. The van der Waals surface area contributed by atoms with Gasteiger partial charge in [-0.25, -0.2) is 0 Å². The molecule has 3 aromatic carbocycles. The van der Waals surface area contributed by atoms with Gasteiger partial charge in [0.25, 0.3) is 11.8 Å². The first-order valence-electron chi connectivity index (χ1n) is 10.6. The van der Waals surface area contributed by atoms with Crippen molar-refractivity contribution in [2.45, 2.75) is 13.0 Å². The van der Waals surface area contributed by atoms with Crippen molar-refractivity contribution >= 4 is 17.5 Å². The van der Waals surface area contributed by atoms with Crippen molar-refractivity contribution in [3.05, 3.63) is 77.4 Å². The summed E-state index contributed by atoms with van der Waals surface area (Å²) >= 11 is 0. The standard InChI is InChI=1S/C26H25N3O6/c1-32-22-13-19(14-23(33-2)25(22)35-16-24(28)30)26(31)29-21-6-4-3-5-18(21)15-34-20-9-7-17(8-10-20)11-12-27/h3-10,13-14H,11,15-16H2,1-2H3,(H2,28,30)(H,29,31). The fourth-order valence-electron chi connectivity index (χ4n) is 3.22. The number of carbonyl (C=O) groups excluding carboxylic acids is 2. The lowest BCUT2D eigenvalue weighted by molar-refractivity contribution is -0.120. The van der Waals surface area contributed by atoms with Crippen molar-refractivity contribution in [3.63, 3.8) is 0 Å². The Morgan fingerprint density at radius 3 is 2.23 bits per heavy atom. The van der Waals surface area contributed by atoms with Crippen LogP contribution in [0.2, 0.25) is 0 Å². The largest absolute Gasteiger partial charge is 0.493 e. The molecule has 0 radical (unpaired) electrons. The smallest absolute Gasteiger partial charge is 0.255 e. The van der Waals surface area contributed by atoms with Crippen LogP contribution in [-0.4, -0.2) is 32.6 Å². The Balaban J connectivity index is 1.76. The lowest BCUT2D eigenvalue weighted by Crippen LogP contribution is -2.20. The van der Waals surface area contributed by atoms with Gasteiger partial charge in [-0.2, -0.15) is 5.26 Å². The number of para-hydroxylation sites is 1. The molecule has 3 aromatic rings. The third-order valence-corrected chi connectivity index (χ3v) is 4.95. The molecule has 3 rings (SSSR count). The molecule has 9 heteroatoms. The summed E-state index contributed by atoms with van der Waals surface area (Å²) in [6.45, 7) is -0.146. The Bertz CT molecular complexity index is 1210. The Hall–Kier alpha value is -4.71. The van der Waals surface area contributed by atoms with Gasteiger partial charge in [0.2, 0.25) is 5.75 Å². The van der Waals surface area contributed by atoms with E-state index >= 15 is 0 Å². The number of rotatable bonds is 11. The Morgan fingerprint density at radius 1 is 0.971 bits per heavy atom. The van der Waals surface area contributed by atoms with E-state index in [0.717, 1.165) is 11.1 Å². The van der Waals surface area contributed by atoms with Crippen LogP contribution in [0.15, 0.2) is 60.7 Å². The van der Waals surface area contributed by atoms with Gasteiger partial charge in [-0.05, 0) is 35.9 Å². The highest BCUT2D eigenvalue weighted by atomic mass is 16.5. The van der Waals surface area contributed by atoms with E-state index in [1.165, 1.54) is 26.4 Å². The van der Waals surface area contributed by atoms with Crippen LogP contribution in [0.4, 0.5) is 5.69 Å². The predicted octanol–water partition coefficient (Wildman–Crippen LogP) is 3.47. The number of hydrogen-bond donors (Lipinski definition) is 2. The SMILES string of the molecule is COc1cc(C(=O)Nc2ccccc2COc2ccc(CC#N)cc2)cc(OC)c1OCC(N)=O. The summed E-state index contributed by atoms with van der Waals surface area (Å²) in [5.74, 6) is 0.178. The highest BCUT2D eigenvalue weighted by Gasteiger charge is 2.19. The van der Waals surface area contributed by atoms with Gasteiger partial charge in [-0.15, -0.1) is 0 Å². The second kappa shape index (κ2) is 12.0. The predicted molar refractivity (Wildman–Crippen MR) is 129 cm³/mol. The zero-order valence-corrected chi connectivity index (χ0v) is 19.4. The number of methoxy groups -OCH3 is 2. The highest BCUT2D eigenvalue weighted by Crippen LogP contribution is 2.38. The number of ether oxygens (including phenoxy) is 4. The van der Waals surface area contributed by atoms with Gasteiger partial charge in [-0.3, -0.25) is 9.59 Å². The van der Waals surface area contributed by atoms with Crippen LogP contribution in [0.5, 0.6) is 23.0 Å². The molecule has 0 unspecified atom stereocenters. The van der Waals surface area contributed by atoms with Gasteiger partial charge < -0.3 is 30.0 Å². The first kappa shape index (κ1) is 24.9. The average Bonchev–Trinajstić information content (AvgIpc) is 2.87. The van der Waals surface area contributed by atoms with Gasteiger partial charge in [-0.1, -0.05) is 30.3 Å². The molecule has 2 amide bonds. The minimum atomic E-state index is -0.659. The van der Waals surface area contributed by atoms with Crippen LogP contribution in [0.1, 0.15) is 21.5 Å². The maximum atomic E-state index is 13.0. The van der Waals surface area contributed by atoms with Crippen LogP contribution >= 0.6 is 0 Å². The number of primary amides is 1. The molecule has 0 atom stereocenters. The topological polar surface area (TPSA) is 133 Å². The molecule has 0 bridgehead atoms. The van der Waals surface area contributed by atoms with Crippen molar-refractivity contribution in [2.75, 3.05) is 26.1 Å². The molecule has 0 saturated heterocycles. The second-order valence-electron chi connectivity index (χ2n) is 7.34. The lowest BCUT2D eigenvalue weighted by atomic mass is 10.1. The van der Waals surface area contributed by atoms with Gasteiger partial charge in [0, 0.05) is 16.8 Å². The summed E-state index contributed by atoms with van der Waals surface area (Å²) in [6.07, 6.45) is 0.336. The molecular weight excluding hydrogens is 450 g/mol. The molecule has 0 aliphatic heterocycles. The summed E-state index contributed by atoms with van der Waals surface area (Å²) in [5.41, 5.74) is 7.66. The maximum absolute atomic E-state index is 13.0. The van der Waals surface area contributed by atoms with Gasteiger partial charge in [0.15, 0.2) is 18.1 Å². The van der Waals surface area contributed by atoms with Crippen LogP contribution < -0.4 is 30.0 Å². The normalized spacial score (nSPS) is 10.1. The molecule has 35 heavy (non-hydrogen) atoms. The van der Waals surface area contributed by atoms with Crippen molar-refractivity contribution in [3.8, 4) is 29.1 Å². The minimum absolute atomic E-state index is 0.167. The number of nitrogens with zero attached hydrogens (tertiary/aromatic N) is 1. The molecule has 0 saturated carbocycles. The van der Waals surface area contributed by atoms with E-state index in [-0.39, 0.29) is 36.0 Å². The summed E-state index contributed by atoms with van der Waals surface area (Å²) in [6, 6.07) is 19.6. The molecule has 0 aliphatic carbocycles. The number of nitriles is 1. The Morgan fingerprint density at radius 2 is 1.63 bits per heavy atom. The summed E-state index contributed by atoms with van der Waals surface area (Å²) in [5, 5.41) is 11.7. The fraction of sp³-hybridized carbons (Fsp3) is 0.192. The number of nitrogens with one attached hydrogen (secondary N) is 1. The molecule has 3 N–H and O–H groups in total.